The molecule has 0 aromatic heterocycles. The zero-order valence-corrected chi connectivity index (χ0v) is 9.37. The molecule has 0 rings (SSSR count). The Morgan fingerprint density at radius 3 is 2.54 bits per heavy atom. The molecule has 0 aliphatic carbocycles. The van der Waals surface area contributed by atoms with Gasteiger partial charge in [-0.2, -0.15) is 0 Å². The third kappa shape index (κ3) is 5.71. The molecule has 75 valence electrons. The topological polar surface area (TPSA) is 47.9 Å². The first kappa shape index (κ1) is 12.5. The maximum absolute atomic E-state index is 9.76. The van der Waals surface area contributed by atoms with Gasteiger partial charge in [-0.1, -0.05) is 6.92 Å². The second-order valence-electron chi connectivity index (χ2n) is 2.74. The summed E-state index contributed by atoms with van der Waals surface area (Å²) in [7, 11) is 2.20. The average Bonchev–Trinajstić information content (AvgIpc) is 2.14. The first-order chi connectivity index (χ1) is 6.26. The van der Waals surface area contributed by atoms with E-state index in [-0.39, 0.29) is 0 Å². The van der Waals surface area contributed by atoms with Gasteiger partial charge in [0, 0.05) is 19.8 Å². The average molecular weight is 202 g/mol. The van der Waals surface area contributed by atoms with Crippen LogP contribution in [0.15, 0.2) is 4.99 Å². The van der Waals surface area contributed by atoms with Gasteiger partial charge in [-0.15, -0.1) is 0 Å². The zero-order valence-electron chi connectivity index (χ0n) is 8.37. The lowest BCUT2D eigenvalue weighted by atomic mass is 10.2. The highest BCUT2D eigenvalue weighted by atomic mass is 28.3. The Kier molecular flexibility index (Phi) is 7.83. The molecule has 4 nitrogen and oxygen atoms in total. The quantitative estimate of drug-likeness (QED) is 0.270. The summed E-state index contributed by atoms with van der Waals surface area (Å²) in [6, 6.07) is 0. The highest BCUT2D eigenvalue weighted by molar-refractivity contribution is 6.46. The first-order valence-electron chi connectivity index (χ1n) is 4.24. The molecule has 0 aromatic carbocycles. The first-order valence-corrected chi connectivity index (χ1v) is 5.64. The van der Waals surface area contributed by atoms with E-state index in [9.17, 15) is 4.79 Å². The molecule has 0 aromatic rings. The fraction of sp³-hybridized carbons (Fsp3) is 0.875. The van der Waals surface area contributed by atoms with Gasteiger partial charge >= 0.3 is 9.28 Å². The van der Waals surface area contributed by atoms with E-state index in [0.717, 1.165) is 12.8 Å². The van der Waals surface area contributed by atoms with Crippen LogP contribution in [-0.4, -0.2) is 36.1 Å². The molecule has 0 aliphatic heterocycles. The van der Waals surface area contributed by atoms with E-state index < -0.39 is 9.28 Å². The Labute approximate surface area is 80.8 Å². The molecule has 0 saturated heterocycles. The molecule has 0 amide bonds. The van der Waals surface area contributed by atoms with Crippen molar-refractivity contribution in [2.24, 2.45) is 4.99 Å². The Bertz CT molecular complexity index is 167. The monoisotopic (exact) mass is 202 g/mol. The number of rotatable bonds is 7. The molecule has 0 heterocycles. The lowest BCUT2D eigenvalue weighted by molar-refractivity contribution is 0.264. The fourth-order valence-corrected chi connectivity index (χ4v) is 2.54. The summed E-state index contributed by atoms with van der Waals surface area (Å²) in [6.45, 7) is 2.64. The molecular weight excluding hydrogens is 186 g/mol. The van der Waals surface area contributed by atoms with Crippen LogP contribution >= 0.6 is 0 Å². The molecule has 1 radical (unpaired) electrons. The third-order valence-electron chi connectivity index (χ3n) is 1.78. The minimum Gasteiger partial charge on any atom is -0.397 e. The summed E-state index contributed by atoms with van der Waals surface area (Å²) in [5.74, 6) is 0. The van der Waals surface area contributed by atoms with Crippen molar-refractivity contribution >= 4 is 15.4 Å². The normalized spacial score (nSPS) is 12.6. The van der Waals surface area contributed by atoms with Gasteiger partial charge in [0.05, 0.1) is 6.54 Å². The Morgan fingerprint density at radius 2 is 2.08 bits per heavy atom. The van der Waals surface area contributed by atoms with Crippen LogP contribution in [0.5, 0.6) is 0 Å². The van der Waals surface area contributed by atoms with Crippen LogP contribution in [0.4, 0.5) is 0 Å². The Hall–Kier alpha value is -0.483. The van der Waals surface area contributed by atoms with E-state index in [1.54, 1.807) is 14.2 Å². The maximum Gasteiger partial charge on any atom is 0.387 e. The van der Waals surface area contributed by atoms with E-state index in [1.165, 1.54) is 6.08 Å². The minimum atomic E-state index is -1.13. The van der Waals surface area contributed by atoms with Gasteiger partial charge in [-0.05, 0) is 12.8 Å². The summed E-state index contributed by atoms with van der Waals surface area (Å²) >= 11 is 0. The largest absolute Gasteiger partial charge is 0.397 e. The van der Waals surface area contributed by atoms with Crippen molar-refractivity contribution in [1.82, 2.24) is 0 Å². The lowest BCUT2D eigenvalue weighted by Gasteiger charge is -2.16. The van der Waals surface area contributed by atoms with Crippen LogP contribution in [-0.2, 0) is 13.6 Å². The number of isocyanates is 1. The van der Waals surface area contributed by atoms with Crippen molar-refractivity contribution in [3.05, 3.63) is 0 Å². The standard InChI is InChI=1S/C8H16NO3Si/c1-8(13(11-2)12-3)5-4-6-9-7-10/h8H,4-6H2,1-3H3. The molecule has 0 aliphatic rings. The molecular formula is C8H16NO3Si. The second-order valence-corrected chi connectivity index (χ2v) is 5.18. The van der Waals surface area contributed by atoms with E-state index in [2.05, 4.69) is 11.9 Å². The van der Waals surface area contributed by atoms with Crippen molar-refractivity contribution in [1.29, 1.82) is 0 Å². The highest BCUT2D eigenvalue weighted by Gasteiger charge is 2.20. The van der Waals surface area contributed by atoms with Crippen molar-refractivity contribution in [2.45, 2.75) is 25.3 Å². The molecule has 1 unspecified atom stereocenters. The summed E-state index contributed by atoms with van der Waals surface area (Å²) in [4.78, 5) is 13.2. The van der Waals surface area contributed by atoms with Crippen molar-refractivity contribution in [3.63, 3.8) is 0 Å². The molecule has 0 spiro atoms. The summed E-state index contributed by atoms with van der Waals surface area (Å²) in [5, 5.41) is 0. The van der Waals surface area contributed by atoms with Gasteiger partial charge in [-0.25, -0.2) is 9.79 Å². The van der Waals surface area contributed by atoms with Gasteiger partial charge in [-0.3, -0.25) is 0 Å². The van der Waals surface area contributed by atoms with E-state index in [1.807, 2.05) is 0 Å². The SMILES string of the molecule is CO[Si](OC)C(C)CCCN=C=O. The second kappa shape index (κ2) is 8.13. The summed E-state index contributed by atoms with van der Waals surface area (Å²) in [5.41, 5.74) is 0.418. The number of hydrogen-bond acceptors (Lipinski definition) is 4. The molecule has 0 N–H and O–H groups in total. The molecule has 0 fully saturated rings. The number of hydrogen-bond donors (Lipinski definition) is 0. The Morgan fingerprint density at radius 1 is 1.46 bits per heavy atom. The molecule has 13 heavy (non-hydrogen) atoms. The third-order valence-corrected chi connectivity index (χ3v) is 3.67. The van der Waals surface area contributed by atoms with Crippen LogP contribution in [0.25, 0.3) is 0 Å². The van der Waals surface area contributed by atoms with Crippen LogP contribution < -0.4 is 0 Å². The molecule has 5 heteroatoms. The predicted molar refractivity (Wildman–Crippen MR) is 51.4 cm³/mol. The lowest BCUT2D eigenvalue weighted by Crippen LogP contribution is -2.24. The Balaban J connectivity index is 3.58. The summed E-state index contributed by atoms with van der Waals surface area (Å²) in [6.07, 6.45) is 3.38. The maximum atomic E-state index is 9.76. The van der Waals surface area contributed by atoms with Gasteiger partial charge < -0.3 is 8.85 Å². The van der Waals surface area contributed by atoms with Gasteiger partial charge in [0.1, 0.15) is 0 Å². The predicted octanol–water partition coefficient (Wildman–Crippen LogP) is 1.27. The van der Waals surface area contributed by atoms with E-state index >= 15 is 0 Å². The van der Waals surface area contributed by atoms with Crippen LogP contribution in [0, 0.1) is 0 Å². The van der Waals surface area contributed by atoms with Crippen LogP contribution in [0.3, 0.4) is 0 Å². The van der Waals surface area contributed by atoms with E-state index in [0.29, 0.717) is 12.1 Å². The number of nitrogens with zero attached hydrogens (tertiary/aromatic N) is 1. The van der Waals surface area contributed by atoms with Gasteiger partial charge in [0.2, 0.25) is 6.08 Å². The van der Waals surface area contributed by atoms with Crippen LogP contribution in [0.1, 0.15) is 19.8 Å². The van der Waals surface area contributed by atoms with Crippen LogP contribution in [0.2, 0.25) is 5.54 Å². The minimum absolute atomic E-state index is 0.418. The highest BCUT2D eigenvalue weighted by Crippen LogP contribution is 2.17. The van der Waals surface area contributed by atoms with E-state index in [4.69, 9.17) is 8.85 Å². The molecule has 0 bridgehead atoms. The number of carbonyl (C=O) groups excluding carboxylic acids is 1. The fourth-order valence-electron chi connectivity index (χ4n) is 1.13. The summed E-state index contributed by atoms with van der Waals surface area (Å²) < 4.78 is 10.4. The zero-order chi connectivity index (χ0) is 10.1. The smallest absolute Gasteiger partial charge is 0.387 e. The van der Waals surface area contributed by atoms with Crippen molar-refractivity contribution in [3.8, 4) is 0 Å². The molecule has 1 atom stereocenters. The van der Waals surface area contributed by atoms with Gasteiger partial charge in [0.25, 0.3) is 0 Å². The van der Waals surface area contributed by atoms with Gasteiger partial charge in [0.15, 0.2) is 0 Å². The molecule has 0 saturated carbocycles. The van der Waals surface area contributed by atoms with Crippen molar-refractivity contribution < 1.29 is 13.6 Å². The van der Waals surface area contributed by atoms with Crippen molar-refractivity contribution in [2.75, 3.05) is 20.8 Å². The number of aliphatic imine (C=N–C) groups is 1.